The summed E-state index contributed by atoms with van der Waals surface area (Å²) < 4.78 is 5.30. The van der Waals surface area contributed by atoms with Crippen LogP contribution in [0.5, 0.6) is 5.75 Å². The van der Waals surface area contributed by atoms with Crippen LogP contribution in [-0.4, -0.2) is 28.9 Å². The van der Waals surface area contributed by atoms with Crippen molar-refractivity contribution >= 4 is 28.6 Å². The normalized spacial score (nSPS) is 10.6. The molecule has 2 aromatic rings. The number of rotatable bonds is 4. The molecule has 0 aliphatic rings. The highest BCUT2D eigenvalue weighted by Crippen LogP contribution is 2.32. The SMILES string of the molecule is COc1cc(C)cc2c(SCC(=O)O)ccnc12. The molecule has 0 radical (unpaired) electrons. The van der Waals surface area contributed by atoms with Crippen molar-refractivity contribution in [1.82, 2.24) is 4.98 Å². The molecule has 4 nitrogen and oxygen atoms in total. The van der Waals surface area contributed by atoms with Crippen molar-refractivity contribution in [2.24, 2.45) is 0 Å². The molecule has 1 aromatic heterocycles. The largest absolute Gasteiger partial charge is 0.494 e. The smallest absolute Gasteiger partial charge is 0.313 e. The molecule has 1 aromatic carbocycles. The summed E-state index contributed by atoms with van der Waals surface area (Å²) >= 11 is 1.29. The van der Waals surface area contributed by atoms with Gasteiger partial charge in [-0.15, -0.1) is 11.8 Å². The molecule has 0 spiro atoms. The summed E-state index contributed by atoms with van der Waals surface area (Å²) in [6, 6.07) is 5.74. The predicted octanol–water partition coefficient (Wildman–Crippen LogP) is 2.73. The zero-order valence-electron chi connectivity index (χ0n) is 10.1. The summed E-state index contributed by atoms with van der Waals surface area (Å²) in [5, 5.41) is 9.67. The number of carboxylic acids is 1. The lowest BCUT2D eigenvalue weighted by atomic mass is 10.1. The Bertz CT molecular complexity index is 598. The Labute approximate surface area is 109 Å². The average molecular weight is 263 g/mol. The monoisotopic (exact) mass is 263 g/mol. The summed E-state index contributed by atoms with van der Waals surface area (Å²) in [7, 11) is 1.60. The van der Waals surface area contributed by atoms with Crippen LogP contribution in [0.25, 0.3) is 10.9 Å². The van der Waals surface area contributed by atoms with Crippen LogP contribution in [0.2, 0.25) is 0 Å². The fraction of sp³-hybridized carbons (Fsp3) is 0.231. The second-order valence-corrected chi connectivity index (χ2v) is 4.87. The Balaban J connectivity index is 2.54. The molecular weight excluding hydrogens is 250 g/mol. The van der Waals surface area contributed by atoms with Gasteiger partial charge < -0.3 is 9.84 Å². The number of aliphatic carboxylic acids is 1. The van der Waals surface area contributed by atoms with Crippen LogP contribution in [0.3, 0.4) is 0 Å². The lowest BCUT2D eigenvalue weighted by molar-refractivity contribution is -0.133. The summed E-state index contributed by atoms with van der Waals surface area (Å²) in [6.45, 7) is 1.97. The molecule has 0 aliphatic carbocycles. The molecule has 0 saturated heterocycles. The van der Waals surface area contributed by atoms with Gasteiger partial charge in [0.1, 0.15) is 11.3 Å². The van der Waals surface area contributed by atoms with E-state index in [4.69, 9.17) is 9.84 Å². The van der Waals surface area contributed by atoms with Crippen LogP contribution in [0.15, 0.2) is 29.3 Å². The molecule has 0 bridgehead atoms. The van der Waals surface area contributed by atoms with E-state index in [1.165, 1.54) is 11.8 Å². The van der Waals surface area contributed by atoms with Crippen LogP contribution in [-0.2, 0) is 4.79 Å². The summed E-state index contributed by atoms with van der Waals surface area (Å²) in [5.41, 5.74) is 1.82. The quantitative estimate of drug-likeness (QED) is 0.859. The van der Waals surface area contributed by atoms with Crippen LogP contribution < -0.4 is 4.74 Å². The van der Waals surface area contributed by atoms with Crippen molar-refractivity contribution in [3.05, 3.63) is 30.0 Å². The average Bonchev–Trinajstić information content (AvgIpc) is 2.35. The van der Waals surface area contributed by atoms with E-state index in [9.17, 15) is 4.79 Å². The van der Waals surface area contributed by atoms with E-state index in [0.29, 0.717) is 5.75 Å². The third-order valence-corrected chi connectivity index (χ3v) is 3.54. The third kappa shape index (κ3) is 2.56. The fourth-order valence-corrected chi connectivity index (χ4v) is 2.50. The number of thioether (sulfide) groups is 1. The number of aromatic nitrogens is 1. The van der Waals surface area contributed by atoms with E-state index in [-0.39, 0.29) is 5.75 Å². The minimum absolute atomic E-state index is 0.0371. The first-order valence-electron chi connectivity index (χ1n) is 5.39. The highest BCUT2D eigenvalue weighted by Gasteiger charge is 2.09. The topological polar surface area (TPSA) is 59.4 Å². The Hall–Kier alpha value is -1.75. The van der Waals surface area contributed by atoms with Gasteiger partial charge in [0.2, 0.25) is 0 Å². The van der Waals surface area contributed by atoms with Crippen molar-refractivity contribution in [1.29, 1.82) is 0 Å². The molecule has 2 rings (SSSR count). The van der Waals surface area contributed by atoms with Gasteiger partial charge in [-0.05, 0) is 30.7 Å². The van der Waals surface area contributed by atoms with Gasteiger partial charge in [-0.2, -0.15) is 0 Å². The Kier molecular flexibility index (Phi) is 3.72. The van der Waals surface area contributed by atoms with Crippen LogP contribution in [0, 0.1) is 6.92 Å². The fourth-order valence-electron chi connectivity index (χ4n) is 1.76. The summed E-state index contributed by atoms with van der Waals surface area (Å²) in [4.78, 5) is 15.8. The van der Waals surface area contributed by atoms with Crippen LogP contribution in [0.1, 0.15) is 5.56 Å². The van der Waals surface area contributed by atoms with Crippen molar-refractivity contribution < 1.29 is 14.6 Å². The molecule has 0 atom stereocenters. The number of ether oxygens (including phenoxy) is 1. The van der Waals surface area contributed by atoms with Crippen LogP contribution >= 0.6 is 11.8 Å². The van der Waals surface area contributed by atoms with Crippen molar-refractivity contribution in [2.75, 3.05) is 12.9 Å². The predicted molar refractivity (Wildman–Crippen MR) is 71.4 cm³/mol. The number of nitrogens with zero attached hydrogens (tertiary/aromatic N) is 1. The highest BCUT2D eigenvalue weighted by molar-refractivity contribution is 8.00. The number of benzene rings is 1. The summed E-state index contributed by atoms with van der Waals surface area (Å²) in [5.74, 6) is -0.0811. The molecule has 0 saturated carbocycles. The first kappa shape index (κ1) is 12.7. The molecule has 94 valence electrons. The molecule has 0 fully saturated rings. The molecule has 1 heterocycles. The lowest BCUT2D eigenvalue weighted by Crippen LogP contribution is -1.98. The second kappa shape index (κ2) is 5.27. The molecule has 18 heavy (non-hydrogen) atoms. The Morgan fingerprint density at radius 1 is 1.50 bits per heavy atom. The van der Waals surface area contributed by atoms with Crippen molar-refractivity contribution in [3.63, 3.8) is 0 Å². The number of aryl methyl sites for hydroxylation is 1. The van der Waals surface area contributed by atoms with Crippen molar-refractivity contribution in [3.8, 4) is 5.75 Å². The summed E-state index contributed by atoms with van der Waals surface area (Å²) in [6.07, 6.45) is 1.67. The van der Waals surface area contributed by atoms with E-state index in [1.54, 1.807) is 13.3 Å². The van der Waals surface area contributed by atoms with Gasteiger partial charge in [0.05, 0.1) is 12.9 Å². The Morgan fingerprint density at radius 2 is 2.28 bits per heavy atom. The van der Waals surface area contributed by atoms with E-state index >= 15 is 0 Å². The van der Waals surface area contributed by atoms with Gasteiger partial charge in [0, 0.05) is 16.5 Å². The second-order valence-electron chi connectivity index (χ2n) is 3.85. The third-order valence-electron chi connectivity index (χ3n) is 2.49. The van der Waals surface area contributed by atoms with E-state index in [1.807, 2.05) is 25.1 Å². The zero-order chi connectivity index (χ0) is 13.1. The maximum Gasteiger partial charge on any atom is 0.313 e. The zero-order valence-corrected chi connectivity index (χ0v) is 11.0. The molecule has 5 heteroatoms. The molecule has 1 N–H and O–H groups in total. The maximum atomic E-state index is 10.6. The number of hydrogen-bond acceptors (Lipinski definition) is 4. The maximum absolute atomic E-state index is 10.6. The minimum Gasteiger partial charge on any atom is -0.494 e. The van der Waals surface area contributed by atoms with Gasteiger partial charge in [0.15, 0.2) is 0 Å². The van der Waals surface area contributed by atoms with Gasteiger partial charge >= 0.3 is 5.97 Å². The molecule has 0 amide bonds. The van der Waals surface area contributed by atoms with Crippen LogP contribution in [0.4, 0.5) is 0 Å². The number of carbonyl (C=O) groups is 1. The molecule has 0 unspecified atom stereocenters. The first-order chi connectivity index (χ1) is 8.61. The number of hydrogen-bond donors (Lipinski definition) is 1. The van der Waals surface area contributed by atoms with Crippen molar-refractivity contribution in [2.45, 2.75) is 11.8 Å². The molecular formula is C13H13NO3S. The minimum atomic E-state index is -0.829. The first-order valence-corrected chi connectivity index (χ1v) is 6.38. The molecule has 0 aliphatic heterocycles. The van der Waals surface area contributed by atoms with E-state index in [0.717, 1.165) is 21.4 Å². The van der Waals surface area contributed by atoms with Gasteiger partial charge in [-0.3, -0.25) is 9.78 Å². The Morgan fingerprint density at radius 3 is 2.94 bits per heavy atom. The van der Waals surface area contributed by atoms with E-state index < -0.39 is 5.97 Å². The lowest BCUT2D eigenvalue weighted by Gasteiger charge is -2.09. The number of fused-ring (bicyclic) bond motifs is 1. The standard InChI is InChI=1S/C13H13NO3S/c1-8-5-9-11(18-7-12(15)16)3-4-14-13(9)10(6-8)17-2/h3-6H,7H2,1-2H3,(H,15,16). The van der Waals surface area contributed by atoms with Gasteiger partial charge in [-0.25, -0.2) is 0 Å². The van der Waals surface area contributed by atoms with E-state index in [2.05, 4.69) is 4.98 Å². The highest BCUT2D eigenvalue weighted by atomic mass is 32.2. The number of methoxy groups -OCH3 is 1. The number of carboxylic acid groups (broad SMARTS) is 1. The number of pyridine rings is 1. The van der Waals surface area contributed by atoms with Gasteiger partial charge in [0.25, 0.3) is 0 Å². The van der Waals surface area contributed by atoms with Gasteiger partial charge in [-0.1, -0.05) is 0 Å².